The molecule has 1 aromatic carbocycles. The van der Waals surface area contributed by atoms with Gasteiger partial charge >= 0.3 is 5.97 Å². The smallest absolute Gasteiger partial charge is 0.338 e. The fraction of sp³-hybridized carbons (Fsp3) is 0.150. The van der Waals surface area contributed by atoms with Crippen molar-refractivity contribution in [1.82, 2.24) is 14.8 Å². The maximum Gasteiger partial charge on any atom is 0.338 e. The molecule has 140 valence electrons. The maximum atomic E-state index is 12.3. The van der Waals surface area contributed by atoms with Crippen molar-refractivity contribution in [3.05, 3.63) is 60.0 Å². The quantitative estimate of drug-likeness (QED) is 0.504. The summed E-state index contributed by atoms with van der Waals surface area (Å²) >= 11 is 0. The molecule has 0 amide bonds. The number of aromatic nitrogens is 3. The number of rotatable bonds is 4. The predicted octanol–water partition coefficient (Wildman–Crippen LogP) is 3.25. The molecule has 0 bridgehead atoms. The first-order valence-corrected chi connectivity index (χ1v) is 8.60. The minimum atomic E-state index is -0.456. The fourth-order valence-corrected chi connectivity index (χ4v) is 3.20. The van der Waals surface area contributed by atoms with E-state index in [1.165, 1.54) is 7.11 Å². The fourth-order valence-electron chi connectivity index (χ4n) is 3.20. The number of hydrogen-bond donors (Lipinski definition) is 0. The van der Waals surface area contributed by atoms with E-state index in [9.17, 15) is 4.79 Å². The summed E-state index contributed by atoms with van der Waals surface area (Å²) < 4.78 is 22.9. The maximum absolute atomic E-state index is 12.3. The topological polar surface area (TPSA) is 88.6 Å². The molecule has 4 aromatic rings. The Morgan fingerprint density at radius 3 is 2.93 bits per heavy atom. The van der Waals surface area contributed by atoms with Crippen LogP contribution >= 0.6 is 0 Å². The third-order valence-electron chi connectivity index (χ3n) is 4.56. The van der Waals surface area contributed by atoms with Crippen molar-refractivity contribution in [2.24, 2.45) is 0 Å². The molecule has 1 aliphatic heterocycles. The van der Waals surface area contributed by atoms with Crippen LogP contribution in [-0.2, 0) is 11.3 Å². The standard InChI is InChI=1S/C20H15N3O5/c1-25-20(24)13-8-15(16-3-2-6-26-16)22-19-14(13)9-21-23(19)10-12-4-5-17-18(7-12)28-11-27-17/h2-9H,10-11H2,1H3. The van der Waals surface area contributed by atoms with Crippen LogP contribution < -0.4 is 9.47 Å². The zero-order valence-corrected chi connectivity index (χ0v) is 14.9. The summed E-state index contributed by atoms with van der Waals surface area (Å²) in [5.41, 5.74) is 2.45. The average Bonchev–Trinajstić information content (AvgIpc) is 3.47. The third-order valence-corrected chi connectivity index (χ3v) is 4.56. The van der Waals surface area contributed by atoms with Crippen LogP contribution in [-0.4, -0.2) is 34.6 Å². The van der Waals surface area contributed by atoms with Crippen LogP contribution in [0.1, 0.15) is 15.9 Å². The molecule has 0 aliphatic carbocycles. The first-order valence-electron chi connectivity index (χ1n) is 8.60. The van der Waals surface area contributed by atoms with Gasteiger partial charge in [-0.25, -0.2) is 14.5 Å². The monoisotopic (exact) mass is 377 g/mol. The van der Waals surface area contributed by atoms with Gasteiger partial charge in [0.2, 0.25) is 6.79 Å². The zero-order valence-electron chi connectivity index (χ0n) is 14.9. The molecule has 0 spiro atoms. The van der Waals surface area contributed by atoms with Gasteiger partial charge in [0, 0.05) is 0 Å². The summed E-state index contributed by atoms with van der Waals surface area (Å²) in [7, 11) is 1.35. The highest BCUT2D eigenvalue weighted by Crippen LogP contribution is 2.33. The molecule has 8 heteroatoms. The van der Waals surface area contributed by atoms with E-state index in [0.29, 0.717) is 40.3 Å². The van der Waals surface area contributed by atoms with Crippen LogP contribution in [0.3, 0.4) is 0 Å². The highest BCUT2D eigenvalue weighted by Gasteiger charge is 2.20. The van der Waals surface area contributed by atoms with Gasteiger partial charge in [-0.05, 0) is 35.9 Å². The van der Waals surface area contributed by atoms with Crippen molar-refractivity contribution in [1.29, 1.82) is 0 Å². The van der Waals surface area contributed by atoms with Gasteiger partial charge in [-0.2, -0.15) is 5.10 Å². The van der Waals surface area contributed by atoms with Crippen molar-refractivity contribution in [3.8, 4) is 23.0 Å². The summed E-state index contributed by atoms with van der Waals surface area (Å²) in [6.45, 7) is 0.676. The number of carbonyl (C=O) groups is 1. The SMILES string of the molecule is COC(=O)c1cc(-c2ccco2)nc2c1cnn2Cc1ccc2c(c1)OCO2. The molecule has 0 fully saturated rings. The van der Waals surface area contributed by atoms with E-state index in [-0.39, 0.29) is 6.79 Å². The Hall–Kier alpha value is -3.81. The number of benzene rings is 1. The summed E-state index contributed by atoms with van der Waals surface area (Å²) in [4.78, 5) is 17.0. The number of furan rings is 1. The lowest BCUT2D eigenvalue weighted by atomic mass is 10.1. The van der Waals surface area contributed by atoms with Gasteiger partial charge in [-0.15, -0.1) is 0 Å². The van der Waals surface area contributed by atoms with E-state index in [2.05, 4.69) is 10.1 Å². The van der Waals surface area contributed by atoms with Gasteiger partial charge in [0.15, 0.2) is 22.9 Å². The summed E-state index contributed by atoms with van der Waals surface area (Å²) in [5, 5.41) is 5.04. The number of methoxy groups -OCH3 is 1. The lowest BCUT2D eigenvalue weighted by molar-refractivity contribution is 0.0603. The lowest BCUT2D eigenvalue weighted by Crippen LogP contribution is -2.06. The first-order chi connectivity index (χ1) is 13.7. The van der Waals surface area contributed by atoms with Crippen LogP contribution in [0.2, 0.25) is 0 Å². The Kier molecular flexibility index (Phi) is 3.75. The molecule has 0 atom stereocenters. The zero-order chi connectivity index (χ0) is 19.1. The molecule has 0 saturated heterocycles. The number of fused-ring (bicyclic) bond motifs is 2. The second-order valence-corrected chi connectivity index (χ2v) is 6.25. The van der Waals surface area contributed by atoms with Gasteiger partial charge in [-0.1, -0.05) is 6.07 Å². The summed E-state index contributed by atoms with van der Waals surface area (Å²) in [6, 6.07) is 10.9. The molecular formula is C20H15N3O5. The Morgan fingerprint density at radius 2 is 2.11 bits per heavy atom. The van der Waals surface area contributed by atoms with Crippen molar-refractivity contribution in [2.45, 2.75) is 6.54 Å². The second kappa shape index (κ2) is 6.41. The Labute approximate surface area is 159 Å². The van der Waals surface area contributed by atoms with Crippen molar-refractivity contribution in [2.75, 3.05) is 13.9 Å². The van der Waals surface area contributed by atoms with E-state index in [1.807, 2.05) is 18.2 Å². The van der Waals surface area contributed by atoms with Gasteiger partial charge in [0.1, 0.15) is 5.69 Å². The van der Waals surface area contributed by atoms with Gasteiger partial charge < -0.3 is 18.6 Å². The van der Waals surface area contributed by atoms with Crippen molar-refractivity contribution < 1.29 is 23.4 Å². The normalized spacial score (nSPS) is 12.5. The number of pyridine rings is 1. The van der Waals surface area contributed by atoms with E-state index in [4.69, 9.17) is 18.6 Å². The molecule has 0 unspecified atom stereocenters. The van der Waals surface area contributed by atoms with Crippen LogP contribution in [0.5, 0.6) is 11.5 Å². The number of ether oxygens (including phenoxy) is 3. The van der Waals surface area contributed by atoms with Gasteiger partial charge in [-0.3, -0.25) is 0 Å². The first kappa shape index (κ1) is 16.4. The number of nitrogens with zero attached hydrogens (tertiary/aromatic N) is 3. The lowest BCUT2D eigenvalue weighted by Gasteiger charge is -2.07. The molecule has 28 heavy (non-hydrogen) atoms. The largest absolute Gasteiger partial charge is 0.465 e. The molecule has 3 aromatic heterocycles. The second-order valence-electron chi connectivity index (χ2n) is 6.25. The molecule has 0 N–H and O–H groups in total. The molecule has 4 heterocycles. The van der Waals surface area contributed by atoms with Crippen molar-refractivity contribution in [3.63, 3.8) is 0 Å². The number of hydrogen-bond acceptors (Lipinski definition) is 7. The molecule has 8 nitrogen and oxygen atoms in total. The van der Waals surface area contributed by atoms with Crippen molar-refractivity contribution >= 4 is 17.0 Å². The van der Waals surface area contributed by atoms with Gasteiger partial charge in [0.05, 0.1) is 37.1 Å². The third kappa shape index (κ3) is 2.66. The Balaban J connectivity index is 1.61. The molecule has 0 radical (unpaired) electrons. The van der Waals surface area contributed by atoms with E-state index < -0.39 is 5.97 Å². The molecule has 5 rings (SSSR count). The van der Waals surface area contributed by atoms with E-state index >= 15 is 0 Å². The summed E-state index contributed by atoms with van der Waals surface area (Å²) in [6.07, 6.45) is 3.18. The number of esters is 1. The predicted molar refractivity (Wildman–Crippen MR) is 98.2 cm³/mol. The van der Waals surface area contributed by atoms with Crippen LogP contribution in [0, 0.1) is 0 Å². The minimum absolute atomic E-state index is 0.222. The Bertz CT molecular complexity index is 1180. The number of carbonyl (C=O) groups excluding carboxylic acids is 1. The Morgan fingerprint density at radius 1 is 1.21 bits per heavy atom. The van der Waals surface area contributed by atoms with E-state index in [0.717, 1.165) is 11.3 Å². The van der Waals surface area contributed by atoms with Crippen LogP contribution in [0.25, 0.3) is 22.5 Å². The minimum Gasteiger partial charge on any atom is -0.465 e. The highest BCUT2D eigenvalue weighted by atomic mass is 16.7. The molecule has 1 aliphatic rings. The molecule has 0 saturated carbocycles. The highest BCUT2D eigenvalue weighted by molar-refractivity contribution is 6.03. The summed E-state index contributed by atoms with van der Waals surface area (Å²) in [5.74, 6) is 1.53. The van der Waals surface area contributed by atoms with E-state index in [1.54, 1.807) is 35.3 Å². The average molecular weight is 377 g/mol. The van der Waals surface area contributed by atoms with Crippen LogP contribution in [0.15, 0.2) is 53.3 Å². The molecular weight excluding hydrogens is 362 g/mol. The van der Waals surface area contributed by atoms with Crippen LogP contribution in [0.4, 0.5) is 0 Å². The van der Waals surface area contributed by atoms with Gasteiger partial charge in [0.25, 0.3) is 0 Å².